The summed E-state index contributed by atoms with van der Waals surface area (Å²) in [7, 11) is 0. The molecule has 1 aromatic rings. The summed E-state index contributed by atoms with van der Waals surface area (Å²) in [5.74, 6) is 1.59. The van der Waals surface area contributed by atoms with Crippen LogP contribution >= 0.6 is 0 Å². The highest BCUT2D eigenvalue weighted by atomic mass is 15.2. The zero-order valence-electron chi connectivity index (χ0n) is 13.4. The predicted molar refractivity (Wildman–Crippen MR) is 88.8 cm³/mol. The van der Waals surface area contributed by atoms with Crippen LogP contribution in [0.4, 0.5) is 5.82 Å². The quantitative estimate of drug-likeness (QED) is 0.860. The van der Waals surface area contributed by atoms with Crippen LogP contribution in [-0.4, -0.2) is 42.6 Å². The summed E-state index contributed by atoms with van der Waals surface area (Å²) < 4.78 is 0. The molecule has 0 spiro atoms. The minimum atomic E-state index is 0.706. The van der Waals surface area contributed by atoms with Gasteiger partial charge in [0.25, 0.3) is 0 Å². The predicted octanol–water partition coefficient (Wildman–Crippen LogP) is 3.05. The number of hydrogen-bond acceptors (Lipinski definition) is 4. The zero-order chi connectivity index (χ0) is 15.2. The standard InChI is InChI=1S/C18H26N4/c19-13-17-8-5-9-20-18(17)22-12-6-7-16(15-22)14-21-10-3-1-2-4-11-21/h5,8-9,16H,1-4,6-7,10-12,14-15H2/t16-/m1/s1. The summed E-state index contributed by atoms with van der Waals surface area (Å²) in [5.41, 5.74) is 0.706. The van der Waals surface area contributed by atoms with Gasteiger partial charge >= 0.3 is 0 Å². The van der Waals surface area contributed by atoms with Gasteiger partial charge in [-0.1, -0.05) is 12.8 Å². The molecular formula is C18H26N4. The van der Waals surface area contributed by atoms with E-state index in [1.54, 1.807) is 6.20 Å². The Balaban J connectivity index is 1.62. The number of anilines is 1. The van der Waals surface area contributed by atoms with Crippen LogP contribution in [0.1, 0.15) is 44.1 Å². The van der Waals surface area contributed by atoms with E-state index < -0.39 is 0 Å². The van der Waals surface area contributed by atoms with Gasteiger partial charge in [-0.15, -0.1) is 0 Å². The first-order valence-corrected chi connectivity index (χ1v) is 8.69. The molecular weight excluding hydrogens is 272 g/mol. The minimum Gasteiger partial charge on any atom is -0.355 e. The van der Waals surface area contributed by atoms with Gasteiger partial charge in [0.05, 0.1) is 5.56 Å². The second kappa shape index (κ2) is 7.60. The minimum absolute atomic E-state index is 0.706. The average Bonchev–Trinajstić information content (AvgIpc) is 2.84. The van der Waals surface area contributed by atoms with E-state index in [1.807, 2.05) is 12.1 Å². The van der Waals surface area contributed by atoms with Crippen LogP contribution in [0.5, 0.6) is 0 Å². The van der Waals surface area contributed by atoms with Crippen molar-refractivity contribution in [3.63, 3.8) is 0 Å². The Hall–Kier alpha value is -1.60. The highest BCUT2D eigenvalue weighted by Gasteiger charge is 2.24. The molecule has 4 heteroatoms. The Morgan fingerprint density at radius 2 is 1.95 bits per heavy atom. The van der Waals surface area contributed by atoms with E-state index in [0.717, 1.165) is 18.9 Å². The summed E-state index contributed by atoms with van der Waals surface area (Å²) in [6, 6.07) is 6.01. The first kappa shape index (κ1) is 15.3. The molecule has 3 rings (SSSR count). The van der Waals surface area contributed by atoms with Crippen LogP contribution < -0.4 is 4.90 Å². The third-order valence-corrected chi connectivity index (χ3v) is 4.94. The fraction of sp³-hybridized carbons (Fsp3) is 0.667. The smallest absolute Gasteiger partial charge is 0.146 e. The van der Waals surface area contributed by atoms with Gasteiger partial charge in [0.2, 0.25) is 0 Å². The molecule has 0 amide bonds. The Morgan fingerprint density at radius 3 is 2.73 bits per heavy atom. The number of rotatable bonds is 3. The fourth-order valence-corrected chi connectivity index (χ4v) is 3.83. The van der Waals surface area contributed by atoms with E-state index in [9.17, 15) is 5.26 Å². The molecule has 1 atom stereocenters. The molecule has 0 unspecified atom stereocenters. The molecule has 1 aromatic heterocycles. The van der Waals surface area contributed by atoms with Gasteiger partial charge in [0.1, 0.15) is 11.9 Å². The number of pyridine rings is 1. The highest BCUT2D eigenvalue weighted by Crippen LogP contribution is 2.25. The van der Waals surface area contributed by atoms with Crippen molar-refractivity contribution in [2.45, 2.75) is 38.5 Å². The van der Waals surface area contributed by atoms with Gasteiger partial charge in [0, 0.05) is 25.8 Å². The lowest BCUT2D eigenvalue weighted by atomic mass is 9.97. The molecule has 2 fully saturated rings. The molecule has 118 valence electrons. The number of hydrogen-bond donors (Lipinski definition) is 0. The maximum absolute atomic E-state index is 9.28. The van der Waals surface area contributed by atoms with Crippen molar-refractivity contribution in [2.75, 3.05) is 37.6 Å². The molecule has 0 bridgehead atoms. The maximum atomic E-state index is 9.28. The molecule has 0 aromatic carbocycles. The molecule has 0 radical (unpaired) electrons. The second-order valence-corrected chi connectivity index (χ2v) is 6.66. The Morgan fingerprint density at radius 1 is 1.14 bits per heavy atom. The lowest BCUT2D eigenvalue weighted by Crippen LogP contribution is -2.42. The van der Waals surface area contributed by atoms with Crippen molar-refractivity contribution < 1.29 is 0 Å². The van der Waals surface area contributed by atoms with Gasteiger partial charge in [-0.2, -0.15) is 5.26 Å². The van der Waals surface area contributed by atoms with Gasteiger partial charge in [-0.3, -0.25) is 0 Å². The SMILES string of the molecule is N#Cc1cccnc1N1CCC[C@H](CN2CCCCCC2)C1. The summed E-state index contributed by atoms with van der Waals surface area (Å²) in [5, 5.41) is 9.28. The lowest BCUT2D eigenvalue weighted by molar-refractivity contribution is 0.222. The normalized spacial score (nSPS) is 23.8. The molecule has 0 saturated carbocycles. The Labute approximate surface area is 133 Å². The van der Waals surface area contributed by atoms with Gasteiger partial charge in [-0.25, -0.2) is 4.98 Å². The Kier molecular flexibility index (Phi) is 5.29. The molecule has 22 heavy (non-hydrogen) atoms. The highest BCUT2D eigenvalue weighted by molar-refractivity contribution is 5.53. The maximum Gasteiger partial charge on any atom is 0.146 e. The van der Waals surface area contributed by atoms with Crippen molar-refractivity contribution in [1.82, 2.24) is 9.88 Å². The van der Waals surface area contributed by atoms with Crippen molar-refractivity contribution in [3.05, 3.63) is 23.9 Å². The number of piperidine rings is 1. The zero-order valence-corrected chi connectivity index (χ0v) is 13.4. The summed E-state index contributed by atoms with van der Waals surface area (Å²) >= 11 is 0. The summed E-state index contributed by atoms with van der Waals surface area (Å²) in [6.07, 6.45) is 9.82. The van der Waals surface area contributed by atoms with E-state index in [1.165, 1.54) is 58.2 Å². The van der Waals surface area contributed by atoms with Crippen molar-refractivity contribution in [1.29, 1.82) is 5.26 Å². The van der Waals surface area contributed by atoms with Crippen LogP contribution in [0.15, 0.2) is 18.3 Å². The molecule has 2 aliphatic rings. The molecule has 4 nitrogen and oxygen atoms in total. The van der Waals surface area contributed by atoms with Crippen LogP contribution in [0.25, 0.3) is 0 Å². The number of likely N-dealkylation sites (tertiary alicyclic amines) is 1. The summed E-state index contributed by atoms with van der Waals surface area (Å²) in [6.45, 7) is 5.82. The van der Waals surface area contributed by atoms with E-state index in [0.29, 0.717) is 11.5 Å². The fourth-order valence-electron chi connectivity index (χ4n) is 3.83. The van der Waals surface area contributed by atoms with Crippen LogP contribution in [0.3, 0.4) is 0 Å². The van der Waals surface area contributed by atoms with E-state index >= 15 is 0 Å². The van der Waals surface area contributed by atoms with Crippen molar-refractivity contribution >= 4 is 5.82 Å². The molecule has 0 N–H and O–H groups in total. The first-order valence-electron chi connectivity index (χ1n) is 8.69. The molecule has 3 heterocycles. The van der Waals surface area contributed by atoms with E-state index in [2.05, 4.69) is 20.9 Å². The van der Waals surface area contributed by atoms with Gasteiger partial charge < -0.3 is 9.80 Å². The molecule has 2 aliphatic heterocycles. The van der Waals surface area contributed by atoms with Gasteiger partial charge in [-0.05, 0) is 56.8 Å². The number of nitrogens with zero attached hydrogens (tertiary/aromatic N) is 4. The van der Waals surface area contributed by atoms with Gasteiger partial charge in [0.15, 0.2) is 0 Å². The molecule has 2 saturated heterocycles. The topological polar surface area (TPSA) is 43.2 Å². The largest absolute Gasteiger partial charge is 0.355 e. The second-order valence-electron chi connectivity index (χ2n) is 6.66. The number of nitriles is 1. The van der Waals surface area contributed by atoms with Crippen LogP contribution in [0, 0.1) is 17.2 Å². The lowest BCUT2D eigenvalue weighted by Gasteiger charge is -2.36. The van der Waals surface area contributed by atoms with E-state index in [-0.39, 0.29) is 0 Å². The van der Waals surface area contributed by atoms with E-state index in [4.69, 9.17) is 0 Å². The third-order valence-electron chi connectivity index (χ3n) is 4.94. The monoisotopic (exact) mass is 298 g/mol. The number of aromatic nitrogens is 1. The average molecular weight is 298 g/mol. The van der Waals surface area contributed by atoms with Crippen LogP contribution in [0.2, 0.25) is 0 Å². The Bertz CT molecular complexity index is 514. The van der Waals surface area contributed by atoms with Crippen molar-refractivity contribution in [3.8, 4) is 6.07 Å². The third kappa shape index (κ3) is 3.78. The van der Waals surface area contributed by atoms with Crippen molar-refractivity contribution in [2.24, 2.45) is 5.92 Å². The molecule has 0 aliphatic carbocycles. The first-order chi connectivity index (χ1) is 10.9. The van der Waals surface area contributed by atoms with Crippen LogP contribution in [-0.2, 0) is 0 Å². The summed E-state index contributed by atoms with van der Waals surface area (Å²) in [4.78, 5) is 9.44.